The summed E-state index contributed by atoms with van der Waals surface area (Å²) in [5.74, 6) is 2.08. The molecule has 6 nitrogen and oxygen atoms in total. The molecule has 1 aromatic carbocycles. The highest BCUT2D eigenvalue weighted by Gasteiger charge is 2.32. The van der Waals surface area contributed by atoms with Crippen LogP contribution in [-0.2, 0) is 11.2 Å². The lowest BCUT2D eigenvalue weighted by molar-refractivity contribution is -0.138. The Morgan fingerprint density at radius 1 is 1.22 bits per heavy atom. The molecule has 0 saturated carbocycles. The van der Waals surface area contributed by atoms with Crippen molar-refractivity contribution in [2.75, 3.05) is 19.7 Å². The van der Waals surface area contributed by atoms with Crippen LogP contribution in [0.15, 0.2) is 35.2 Å². The fourth-order valence-electron chi connectivity index (χ4n) is 3.46. The third-order valence-electron chi connectivity index (χ3n) is 4.78. The molecule has 0 bridgehead atoms. The molecular weight excluding hydrogens is 294 g/mol. The summed E-state index contributed by atoms with van der Waals surface area (Å²) in [5.41, 5.74) is 1.12. The van der Waals surface area contributed by atoms with Gasteiger partial charge in [0.25, 0.3) is 0 Å². The average Bonchev–Trinajstić information content (AvgIpc) is 3.15. The Balaban J connectivity index is 1.37. The third-order valence-corrected chi connectivity index (χ3v) is 4.78. The van der Waals surface area contributed by atoms with Crippen LogP contribution in [0.5, 0.6) is 5.75 Å². The van der Waals surface area contributed by atoms with Crippen LogP contribution in [-0.4, -0.2) is 40.6 Å². The molecule has 0 spiro atoms. The van der Waals surface area contributed by atoms with Crippen molar-refractivity contribution in [2.24, 2.45) is 5.92 Å². The molecular formula is C17H19N3O3. The molecule has 0 aliphatic carbocycles. The van der Waals surface area contributed by atoms with E-state index < -0.39 is 0 Å². The van der Waals surface area contributed by atoms with Gasteiger partial charge in [-0.3, -0.25) is 4.79 Å². The molecule has 2 aliphatic rings. The summed E-state index contributed by atoms with van der Waals surface area (Å²) in [7, 11) is 0. The molecule has 2 aromatic rings. The molecule has 120 valence electrons. The maximum atomic E-state index is 12.8. The van der Waals surface area contributed by atoms with Crippen LogP contribution in [0.1, 0.15) is 30.1 Å². The van der Waals surface area contributed by atoms with Gasteiger partial charge in [-0.15, -0.1) is 0 Å². The lowest BCUT2D eigenvalue weighted by Gasteiger charge is -2.34. The zero-order valence-corrected chi connectivity index (χ0v) is 12.9. The number of rotatable bonds is 2. The summed E-state index contributed by atoms with van der Waals surface area (Å²) >= 11 is 0. The number of ether oxygens (including phenoxy) is 1. The molecule has 1 aromatic heterocycles. The van der Waals surface area contributed by atoms with E-state index in [1.165, 1.54) is 6.39 Å². The summed E-state index contributed by atoms with van der Waals surface area (Å²) in [6.07, 6.45) is 3.90. The van der Waals surface area contributed by atoms with E-state index in [0.29, 0.717) is 12.5 Å². The number of benzene rings is 1. The van der Waals surface area contributed by atoms with Crippen molar-refractivity contribution in [3.63, 3.8) is 0 Å². The van der Waals surface area contributed by atoms with Crippen molar-refractivity contribution in [1.29, 1.82) is 0 Å². The second kappa shape index (κ2) is 6.02. The van der Waals surface area contributed by atoms with E-state index in [-0.39, 0.29) is 11.8 Å². The van der Waals surface area contributed by atoms with Gasteiger partial charge in [0.05, 0.1) is 5.92 Å². The Bertz CT molecular complexity index is 678. The minimum atomic E-state index is -0.0772. The number of piperidine rings is 1. The number of hydrogen-bond acceptors (Lipinski definition) is 5. The molecule has 0 N–H and O–H groups in total. The standard InChI is InChI=1S/C17H19N3O3/c21-17(14-9-13-3-1-2-4-15(13)22-10-14)20-7-5-12(6-8-20)16-18-11-23-19-16/h1-4,11-12,14H,5-10H2. The number of carbonyl (C=O) groups excluding carboxylic acids is 1. The van der Waals surface area contributed by atoms with Gasteiger partial charge in [-0.25, -0.2) is 0 Å². The van der Waals surface area contributed by atoms with E-state index in [1.807, 2.05) is 29.2 Å². The predicted octanol–water partition coefficient (Wildman–Crippen LogP) is 2.03. The highest BCUT2D eigenvalue weighted by molar-refractivity contribution is 5.80. The van der Waals surface area contributed by atoms with Gasteiger partial charge in [-0.05, 0) is 30.9 Å². The van der Waals surface area contributed by atoms with E-state index >= 15 is 0 Å². The van der Waals surface area contributed by atoms with Gasteiger partial charge in [0.15, 0.2) is 5.82 Å². The normalized spacial score (nSPS) is 21.6. The first-order valence-electron chi connectivity index (χ1n) is 8.07. The highest BCUT2D eigenvalue weighted by atomic mass is 16.5. The minimum absolute atomic E-state index is 0.0772. The average molecular weight is 313 g/mol. The van der Waals surface area contributed by atoms with Crippen LogP contribution in [0.25, 0.3) is 0 Å². The summed E-state index contributed by atoms with van der Waals surface area (Å²) in [4.78, 5) is 18.8. The first-order chi connectivity index (χ1) is 11.3. The third kappa shape index (κ3) is 2.81. The van der Waals surface area contributed by atoms with Gasteiger partial charge in [0.1, 0.15) is 12.4 Å². The minimum Gasteiger partial charge on any atom is -0.492 e. The second-order valence-electron chi connectivity index (χ2n) is 6.21. The van der Waals surface area contributed by atoms with Gasteiger partial charge in [-0.1, -0.05) is 23.4 Å². The molecule has 1 atom stereocenters. The summed E-state index contributed by atoms with van der Waals surface area (Å²) in [5, 5.41) is 3.92. The van der Waals surface area contributed by atoms with E-state index in [1.54, 1.807) is 0 Å². The summed E-state index contributed by atoms with van der Waals surface area (Å²) in [6.45, 7) is 1.97. The van der Waals surface area contributed by atoms with Crippen molar-refractivity contribution < 1.29 is 14.1 Å². The number of amides is 1. The molecule has 1 unspecified atom stereocenters. The first-order valence-corrected chi connectivity index (χ1v) is 8.07. The molecule has 1 amide bonds. The predicted molar refractivity (Wildman–Crippen MR) is 82.0 cm³/mol. The molecule has 4 rings (SSSR count). The number of nitrogens with zero attached hydrogens (tertiary/aromatic N) is 3. The fraction of sp³-hybridized carbons (Fsp3) is 0.471. The van der Waals surface area contributed by atoms with E-state index in [4.69, 9.17) is 9.26 Å². The van der Waals surface area contributed by atoms with Gasteiger partial charge in [0.2, 0.25) is 12.3 Å². The fourth-order valence-corrected chi connectivity index (χ4v) is 3.46. The smallest absolute Gasteiger partial charge is 0.229 e. The molecule has 1 fully saturated rings. The van der Waals surface area contributed by atoms with Crippen molar-refractivity contribution >= 4 is 5.91 Å². The first kappa shape index (κ1) is 14.2. The van der Waals surface area contributed by atoms with Crippen molar-refractivity contribution in [1.82, 2.24) is 15.0 Å². The number of likely N-dealkylation sites (tertiary alicyclic amines) is 1. The van der Waals surface area contributed by atoms with E-state index in [9.17, 15) is 4.79 Å². The largest absolute Gasteiger partial charge is 0.492 e. The quantitative estimate of drug-likeness (QED) is 0.848. The Kier molecular flexibility index (Phi) is 3.73. The van der Waals surface area contributed by atoms with Crippen LogP contribution in [0.2, 0.25) is 0 Å². The number of aromatic nitrogens is 2. The van der Waals surface area contributed by atoms with Gasteiger partial charge < -0.3 is 14.2 Å². The monoisotopic (exact) mass is 313 g/mol. The van der Waals surface area contributed by atoms with Gasteiger partial charge in [0, 0.05) is 19.0 Å². The topological polar surface area (TPSA) is 68.5 Å². The Morgan fingerprint density at radius 2 is 2.04 bits per heavy atom. The van der Waals surface area contributed by atoms with Crippen molar-refractivity contribution in [3.05, 3.63) is 42.0 Å². The molecule has 2 aliphatic heterocycles. The maximum Gasteiger partial charge on any atom is 0.229 e. The van der Waals surface area contributed by atoms with Gasteiger partial charge in [-0.2, -0.15) is 4.98 Å². The van der Waals surface area contributed by atoms with Crippen LogP contribution >= 0.6 is 0 Å². The van der Waals surface area contributed by atoms with Gasteiger partial charge >= 0.3 is 0 Å². The number of carbonyl (C=O) groups is 1. The summed E-state index contributed by atoms with van der Waals surface area (Å²) in [6, 6.07) is 7.96. The molecule has 3 heterocycles. The van der Waals surface area contributed by atoms with E-state index in [2.05, 4.69) is 10.1 Å². The van der Waals surface area contributed by atoms with Crippen LogP contribution in [0, 0.1) is 5.92 Å². The second-order valence-corrected chi connectivity index (χ2v) is 6.21. The molecule has 0 radical (unpaired) electrons. The number of fused-ring (bicyclic) bond motifs is 1. The number of para-hydroxylation sites is 1. The zero-order valence-electron chi connectivity index (χ0n) is 12.9. The lowest BCUT2D eigenvalue weighted by atomic mass is 9.92. The SMILES string of the molecule is O=C(C1COc2ccccc2C1)N1CCC(c2ncon2)CC1. The van der Waals surface area contributed by atoms with Crippen LogP contribution < -0.4 is 4.74 Å². The molecule has 6 heteroatoms. The highest BCUT2D eigenvalue weighted by Crippen LogP contribution is 2.30. The van der Waals surface area contributed by atoms with Crippen molar-refractivity contribution in [3.8, 4) is 5.75 Å². The van der Waals surface area contributed by atoms with E-state index in [0.717, 1.165) is 49.5 Å². The maximum absolute atomic E-state index is 12.8. The Labute approximate surface area is 134 Å². The number of hydrogen-bond donors (Lipinski definition) is 0. The lowest BCUT2D eigenvalue weighted by Crippen LogP contribution is -2.44. The van der Waals surface area contributed by atoms with Crippen molar-refractivity contribution in [2.45, 2.75) is 25.2 Å². The molecule has 1 saturated heterocycles. The zero-order chi connectivity index (χ0) is 15.6. The van der Waals surface area contributed by atoms with Crippen LogP contribution in [0.3, 0.4) is 0 Å². The Morgan fingerprint density at radius 3 is 2.83 bits per heavy atom. The molecule has 23 heavy (non-hydrogen) atoms. The van der Waals surface area contributed by atoms with Crippen LogP contribution in [0.4, 0.5) is 0 Å². The Hall–Kier alpha value is -2.37. The summed E-state index contributed by atoms with van der Waals surface area (Å²) < 4.78 is 10.6.